The van der Waals surface area contributed by atoms with Crippen molar-refractivity contribution in [3.05, 3.63) is 28.5 Å². The average Bonchev–Trinajstić information content (AvgIpc) is 2.57. The van der Waals surface area contributed by atoms with Crippen molar-refractivity contribution in [2.24, 2.45) is 11.8 Å². The molecule has 3 nitrogen and oxygen atoms in total. The largest absolute Gasteiger partial charge is 0.481 e. The summed E-state index contributed by atoms with van der Waals surface area (Å²) in [5, 5.41) is 9.33. The van der Waals surface area contributed by atoms with Gasteiger partial charge in [0.2, 0.25) is 0 Å². The maximum Gasteiger partial charge on any atom is 0.306 e. The molecule has 1 aliphatic rings. The lowest BCUT2D eigenvalue weighted by Gasteiger charge is -2.21. The van der Waals surface area contributed by atoms with Crippen LogP contribution in [0.25, 0.3) is 0 Å². The van der Waals surface area contributed by atoms with Gasteiger partial charge in [0, 0.05) is 16.4 Å². The molecule has 18 heavy (non-hydrogen) atoms. The first-order valence-electron chi connectivity index (χ1n) is 6.50. The van der Waals surface area contributed by atoms with Crippen molar-refractivity contribution in [2.45, 2.75) is 38.5 Å². The lowest BCUT2D eigenvalue weighted by atomic mass is 9.84. The Balaban J connectivity index is 2.08. The van der Waals surface area contributed by atoms with Crippen molar-refractivity contribution in [3.63, 3.8) is 0 Å². The third-order valence-corrected chi connectivity index (χ3v) is 4.21. The van der Waals surface area contributed by atoms with Crippen molar-refractivity contribution in [2.75, 3.05) is 0 Å². The smallest absolute Gasteiger partial charge is 0.306 e. The normalized spacial score (nSPS) is 24.5. The molecular weight excluding hydrogens is 294 g/mol. The molecule has 1 aromatic rings. The minimum Gasteiger partial charge on any atom is -0.481 e. The van der Waals surface area contributed by atoms with E-state index < -0.39 is 5.97 Å². The van der Waals surface area contributed by atoms with Gasteiger partial charge in [0.15, 0.2) is 0 Å². The first-order valence-corrected chi connectivity index (χ1v) is 7.29. The van der Waals surface area contributed by atoms with Crippen LogP contribution in [0.15, 0.2) is 22.8 Å². The minimum absolute atomic E-state index is 0.196. The van der Waals surface area contributed by atoms with Crippen molar-refractivity contribution in [1.82, 2.24) is 4.98 Å². The fourth-order valence-electron chi connectivity index (χ4n) is 2.75. The number of aromatic nitrogens is 1. The predicted molar refractivity (Wildman–Crippen MR) is 73.3 cm³/mol. The molecule has 1 aliphatic carbocycles. The van der Waals surface area contributed by atoms with Crippen LogP contribution < -0.4 is 0 Å². The maximum absolute atomic E-state index is 11.3. The van der Waals surface area contributed by atoms with Crippen LogP contribution in [0.2, 0.25) is 0 Å². The highest BCUT2D eigenvalue weighted by Crippen LogP contribution is 2.31. The van der Waals surface area contributed by atoms with Crippen LogP contribution in [0.3, 0.4) is 0 Å². The van der Waals surface area contributed by atoms with Gasteiger partial charge in [0.1, 0.15) is 0 Å². The Bertz CT molecular complexity index is 405. The second-order valence-corrected chi connectivity index (χ2v) is 5.93. The number of hydrogen-bond acceptors (Lipinski definition) is 2. The van der Waals surface area contributed by atoms with E-state index in [2.05, 4.69) is 20.9 Å². The molecule has 0 saturated heterocycles. The number of halogens is 1. The Morgan fingerprint density at radius 2 is 2.11 bits per heavy atom. The van der Waals surface area contributed by atoms with Crippen LogP contribution in [0, 0.1) is 11.8 Å². The fourth-order valence-corrected chi connectivity index (χ4v) is 2.98. The molecule has 1 saturated carbocycles. The van der Waals surface area contributed by atoms with Gasteiger partial charge < -0.3 is 5.11 Å². The Kier molecular flexibility index (Phi) is 4.75. The number of carboxylic acid groups (broad SMARTS) is 1. The molecule has 0 bridgehead atoms. The van der Waals surface area contributed by atoms with Gasteiger partial charge >= 0.3 is 5.97 Å². The Morgan fingerprint density at radius 1 is 1.33 bits per heavy atom. The monoisotopic (exact) mass is 311 g/mol. The maximum atomic E-state index is 11.3. The van der Waals surface area contributed by atoms with Crippen molar-refractivity contribution < 1.29 is 9.90 Å². The summed E-state index contributed by atoms with van der Waals surface area (Å²) in [5.41, 5.74) is 0.997. The summed E-state index contributed by atoms with van der Waals surface area (Å²) in [5.74, 6) is -0.601. The number of pyridine rings is 1. The molecule has 2 unspecified atom stereocenters. The number of carbonyl (C=O) groups is 1. The molecule has 0 amide bonds. The standard InChI is InChI=1S/C14H18BrNO2/c15-11-6-7-12(16-9-11)8-10-4-2-1-3-5-13(10)14(17)18/h6-7,9-10,13H,1-5,8H2,(H,17,18). The fraction of sp³-hybridized carbons (Fsp3) is 0.571. The van der Waals surface area contributed by atoms with Crippen molar-refractivity contribution >= 4 is 21.9 Å². The molecule has 2 atom stereocenters. The van der Waals surface area contributed by atoms with E-state index in [1.807, 2.05) is 12.1 Å². The second kappa shape index (κ2) is 6.32. The van der Waals surface area contributed by atoms with Crippen LogP contribution in [-0.4, -0.2) is 16.1 Å². The summed E-state index contributed by atoms with van der Waals surface area (Å²) in [7, 11) is 0. The first-order chi connectivity index (χ1) is 8.66. The van der Waals surface area contributed by atoms with E-state index in [1.165, 1.54) is 0 Å². The lowest BCUT2D eigenvalue weighted by Crippen LogP contribution is -2.24. The molecule has 0 radical (unpaired) electrons. The van der Waals surface area contributed by atoms with Gasteiger partial charge in [-0.1, -0.05) is 19.3 Å². The van der Waals surface area contributed by atoms with E-state index in [0.29, 0.717) is 0 Å². The molecule has 0 aliphatic heterocycles. The zero-order chi connectivity index (χ0) is 13.0. The summed E-state index contributed by atoms with van der Waals surface area (Å²) in [6.07, 6.45) is 7.73. The number of nitrogens with zero attached hydrogens (tertiary/aromatic N) is 1. The van der Waals surface area contributed by atoms with Gasteiger partial charge in [0.25, 0.3) is 0 Å². The molecule has 1 N–H and O–H groups in total. The quantitative estimate of drug-likeness (QED) is 0.866. The summed E-state index contributed by atoms with van der Waals surface area (Å²) < 4.78 is 0.960. The number of hydrogen-bond donors (Lipinski definition) is 1. The summed E-state index contributed by atoms with van der Waals surface area (Å²) in [6.45, 7) is 0. The molecule has 98 valence electrons. The van der Waals surface area contributed by atoms with Gasteiger partial charge in [-0.2, -0.15) is 0 Å². The van der Waals surface area contributed by atoms with Gasteiger partial charge in [-0.05, 0) is 53.2 Å². The van der Waals surface area contributed by atoms with E-state index in [4.69, 9.17) is 0 Å². The highest BCUT2D eigenvalue weighted by molar-refractivity contribution is 9.10. The number of rotatable bonds is 3. The molecule has 1 aromatic heterocycles. The third kappa shape index (κ3) is 3.55. The molecule has 4 heteroatoms. The predicted octanol–water partition coefficient (Wildman–Crippen LogP) is 3.67. The highest BCUT2D eigenvalue weighted by atomic mass is 79.9. The van der Waals surface area contributed by atoms with E-state index >= 15 is 0 Å². The zero-order valence-corrected chi connectivity index (χ0v) is 11.9. The molecule has 1 fully saturated rings. The van der Waals surface area contributed by atoms with Crippen LogP contribution in [-0.2, 0) is 11.2 Å². The van der Waals surface area contributed by atoms with Crippen molar-refractivity contribution in [1.29, 1.82) is 0 Å². The average molecular weight is 312 g/mol. The van der Waals surface area contributed by atoms with Gasteiger partial charge in [-0.3, -0.25) is 9.78 Å². The molecule has 1 heterocycles. The lowest BCUT2D eigenvalue weighted by molar-refractivity contribution is -0.143. The van der Waals surface area contributed by atoms with Gasteiger partial charge in [0.05, 0.1) is 5.92 Å². The van der Waals surface area contributed by atoms with Crippen LogP contribution in [0.5, 0.6) is 0 Å². The Hall–Kier alpha value is -0.900. The van der Waals surface area contributed by atoms with Crippen molar-refractivity contribution in [3.8, 4) is 0 Å². The summed E-state index contributed by atoms with van der Waals surface area (Å²) in [6, 6.07) is 3.95. The minimum atomic E-state index is -0.640. The molecular formula is C14H18BrNO2. The van der Waals surface area contributed by atoms with E-state index in [-0.39, 0.29) is 11.8 Å². The topological polar surface area (TPSA) is 50.2 Å². The van der Waals surface area contributed by atoms with Crippen LogP contribution >= 0.6 is 15.9 Å². The molecule has 0 spiro atoms. The SMILES string of the molecule is O=C(O)C1CCCCCC1Cc1ccc(Br)cn1. The molecule has 0 aromatic carbocycles. The number of aliphatic carboxylic acids is 1. The molecule has 2 rings (SSSR count). The van der Waals surface area contributed by atoms with E-state index in [9.17, 15) is 9.90 Å². The number of carboxylic acids is 1. The summed E-state index contributed by atoms with van der Waals surface area (Å²) in [4.78, 5) is 15.7. The van der Waals surface area contributed by atoms with E-state index in [1.54, 1.807) is 6.20 Å². The summed E-state index contributed by atoms with van der Waals surface area (Å²) >= 11 is 3.36. The van der Waals surface area contributed by atoms with E-state index in [0.717, 1.165) is 48.7 Å². The Morgan fingerprint density at radius 3 is 2.78 bits per heavy atom. The first kappa shape index (κ1) is 13.5. The van der Waals surface area contributed by atoms with Gasteiger partial charge in [-0.15, -0.1) is 0 Å². The zero-order valence-electron chi connectivity index (χ0n) is 10.3. The van der Waals surface area contributed by atoms with Crippen LogP contribution in [0.4, 0.5) is 0 Å². The Labute approximate surface area is 116 Å². The second-order valence-electron chi connectivity index (χ2n) is 5.01. The highest BCUT2D eigenvalue weighted by Gasteiger charge is 2.29. The van der Waals surface area contributed by atoms with Crippen LogP contribution in [0.1, 0.15) is 37.8 Å². The van der Waals surface area contributed by atoms with Gasteiger partial charge in [-0.25, -0.2) is 0 Å². The third-order valence-electron chi connectivity index (χ3n) is 3.74.